The van der Waals surface area contributed by atoms with Gasteiger partial charge in [-0.1, -0.05) is 6.07 Å². The van der Waals surface area contributed by atoms with Gasteiger partial charge < -0.3 is 0 Å². The molecule has 1 heterocycles. The number of aromatic nitrogens is 2. The lowest BCUT2D eigenvalue weighted by molar-refractivity contribution is 0.622. The van der Waals surface area contributed by atoms with Crippen LogP contribution in [0.1, 0.15) is 5.69 Å². The SMILES string of the molecule is Cn1ccc(CS(=O)c2cccc(F)c2)n1. The van der Waals surface area contributed by atoms with E-state index in [1.54, 1.807) is 36.1 Å². The Kier molecular flexibility index (Phi) is 3.14. The van der Waals surface area contributed by atoms with Crippen molar-refractivity contribution in [3.05, 3.63) is 48.0 Å². The lowest BCUT2D eigenvalue weighted by atomic mass is 10.4. The maximum Gasteiger partial charge on any atom is 0.124 e. The second-order valence-corrected chi connectivity index (χ2v) is 4.88. The molecular formula is C11H11FN2OS. The molecule has 0 aliphatic heterocycles. The standard InChI is InChI=1S/C11H11FN2OS/c1-14-6-5-10(13-14)8-16(15)11-4-2-3-9(12)7-11/h2-7H,8H2,1H3. The molecule has 1 unspecified atom stereocenters. The number of nitrogens with zero attached hydrogens (tertiary/aromatic N) is 2. The van der Waals surface area contributed by atoms with E-state index >= 15 is 0 Å². The first-order valence-corrected chi connectivity index (χ1v) is 6.09. The molecule has 0 saturated heterocycles. The van der Waals surface area contributed by atoms with Gasteiger partial charge in [0, 0.05) is 18.1 Å². The van der Waals surface area contributed by atoms with E-state index in [0.29, 0.717) is 10.6 Å². The zero-order valence-corrected chi connectivity index (χ0v) is 9.58. The first-order valence-electron chi connectivity index (χ1n) is 4.77. The highest BCUT2D eigenvalue weighted by Gasteiger charge is 2.07. The van der Waals surface area contributed by atoms with Crippen molar-refractivity contribution >= 4 is 10.8 Å². The quantitative estimate of drug-likeness (QED) is 0.818. The Bertz CT molecular complexity index is 524. The van der Waals surface area contributed by atoms with Crippen molar-refractivity contribution < 1.29 is 8.60 Å². The zero-order chi connectivity index (χ0) is 11.5. The molecule has 2 rings (SSSR count). The molecule has 0 aliphatic rings. The average molecular weight is 238 g/mol. The van der Waals surface area contributed by atoms with E-state index in [1.807, 2.05) is 0 Å². The monoisotopic (exact) mass is 238 g/mol. The fourth-order valence-corrected chi connectivity index (χ4v) is 2.43. The van der Waals surface area contributed by atoms with Crippen molar-refractivity contribution in [3.8, 4) is 0 Å². The summed E-state index contributed by atoms with van der Waals surface area (Å²) in [6.07, 6.45) is 1.79. The molecule has 0 saturated carbocycles. The molecule has 0 spiro atoms. The molecule has 0 aliphatic carbocycles. The predicted molar refractivity (Wildman–Crippen MR) is 59.7 cm³/mol. The minimum absolute atomic E-state index is 0.310. The van der Waals surface area contributed by atoms with E-state index in [0.717, 1.165) is 5.69 Å². The number of hydrogen-bond donors (Lipinski definition) is 0. The van der Waals surface area contributed by atoms with Crippen LogP contribution in [-0.4, -0.2) is 14.0 Å². The van der Waals surface area contributed by atoms with Crippen molar-refractivity contribution in [2.45, 2.75) is 10.6 Å². The summed E-state index contributed by atoms with van der Waals surface area (Å²) >= 11 is 0. The van der Waals surface area contributed by atoms with Gasteiger partial charge in [-0.05, 0) is 24.3 Å². The summed E-state index contributed by atoms with van der Waals surface area (Å²) in [7, 11) is 0.553. The zero-order valence-electron chi connectivity index (χ0n) is 8.76. The van der Waals surface area contributed by atoms with Crippen LogP contribution in [0.25, 0.3) is 0 Å². The minimum atomic E-state index is -1.25. The molecule has 0 fully saturated rings. The highest BCUT2D eigenvalue weighted by Crippen LogP contribution is 2.12. The first kappa shape index (κ1) is 11.0. The Morgan fingerprint density at radius 1 is 1.44 bits per heavy atom. The van der Waals surface area contributed by atoms with Crippen LogP contribution in [-0.2, 0) is 23.6 Å². The Hall–Kier alpha value is -1.49. The third-order valence-corrected chi connectivity index (χ3v) is 3.44. The number of hydrogen-bond acceptors (Lipinski definition) is 2. The number of rotatable bonds is 3. The van der Waals surface area contributed by atoms with Gasteiger partial charge in [-0.3, -0.25) is 8.89 Å². The number of aryl methyl sites for hydroxylation is 1. The van der Waals surface area contributed by atoms with Crippen LogP contribution in [0.3, 0.4) is 0 Å². The van der Waals surface area contributed by atoms with Crippen molar-refractivity contribution in [1.29, 1.82) is 0 Å². The van der Waals surface area contributed by atoms with Crippen molar-refractivity contribution in [1.82, 2.24) is 9.78 Å². The normalized spacial score (nSPS) is 12.6. The molecule has 0 N–H and O–H groups in total. The van der Waals surface area contributed by atoms with Crippen LogP contribution in [0, 0.1) is 5.82 Å². The molecule has 1 aromatic carbocycles. The Morgan fingerprint density at radius 3 is 2.88 bits per heavy atom. The van der Waals surface area contributed by atoms with Gasteiger partial charge in [-0.2, -0.15) is 5.10 Å². The van der Waals surface area contributed by atoms with Crippen LogP contribution in [0.2, 0.25) is 0 Å². The van der Waals surface area contributed by atoms with Crippen molar-refractivity contribution in [3.63, 3.8) is 0 Å². The molecular weight excluding hydrogens is 227 g/mol. The highest BCUT2D eigenvalue weighted by molar-refractivity contribution is 7.84. The largest absolute Gasteiger partial charge is 0.276 e. The summed E-state index contributed by atoms with van der Waals surface area (Å²) in [6.45, 7) is 0. The van der Waals surface area contributed by atoms with Crippen LogP contribution in [0.5, 0.6) is 0 Å². The molecule has 0 radical (unpaired) electrons. The van der Waals surface area contributed by atoms with E-state index < -0.39 is 10.8 Å². The van der Waals surface area contributed by atoms with E-state index in [9.17, 15) is 8.60 Å². The fraction of sp³-hybridized carbons (Fsp3) is 0.182. The predicted octanol–water partition coefficient (Wildman–Crippen LogP) is 1.87. The van der Waals surface area contributed by atoms with Crippen molar-refractivity contribution in [2.75, 3.05) is 0 Å². The molecule has 16 heavy (non-hydrogen) atoms. The number of halogens is 1. The maximum absolute atomic E-state index is 12.9. The van der Waals surface area contributed by atoms with Gasteiger partial charge in [0.2, 0.25) is 0 Å². The summed E-state index contributed by atoms with van der Waals surface area (Å²) in [5.74, 6) is -0.0588. The van der Waals surface area contributed by atoms with Gasteiger partial charge in [0.05, 0.1) is 22.2 Å². The summed E-state index contributed by atoms with van der Waals surface area (Å²) in [5.41, 5.74) is 0.741. The molecule has 1 aromatic heterocycles. The summed E-state index contributed by atoms with van der Waals surface area (Å²) < 4.78 is 26.4. The van der Waals surface area contributed by atoms with Gasteiger partial charge in [0.1, 0.15) is 5.82 Å². The minimum Gasteiger partial charge on any atom is -0.276 e. The third kappa shape index (κ3) is 2.55. The van der Waals surface area contributed by atoms with Gasteiger partial charge in [-0.15, -0.1) is 0 Å². The first-order chi connectivity index (χ1) is 7.65. The summed E-state index contributed by atoms with van der Waals surface area (Å²) in [4.78, 5) is 0.491. The molecule has 84 valence electrons. The van der Waals surface area contributed by atoms with Gasteiger partial charge in [-0.25, -0.2) is 4.39 Å². The second-order valence-electron chi connectivity index (χ2n) is 3.43. The van der Waals surface area contributed by atoms with Crippen LogP contribution < -0.4 is 0 Å². The summed E-state index contributed by atoms with van der Waals surface area (Å²) in [5, 5.41) is 4.13. The van der Waals surface area contributed by atoms with Gasteiger partial charge >= 0.3 is 0 Å². The third-order valence-electron chi connectivity index (χ3n) is 2.11. The lowest BCUT2D eigenvalue weighted by Gasteiger charge is -1.99. The van der Waals surface area contributed by atoms with E-state index in [-0.39, 0.29) is 5.82 Å². The molecule has 5 heteroatoms. The smallest absolute Gasteiger partial charge is 0.124 e. The number of benzene rings is 1. The Balaban J connectivity index is 2.14. The van der Waals surface area contributed by atoms with E-state index in [2.05, 4.69) is 5.10 Å². The molecule has 0 bridgehead atoms. The van der Waals surface area contributed by atoms with Crippen molar-refractivity contribution in [2.24, 2.45) is 7.05 Å². The van der Waals surface area contributed by atoms with Gasteiger partial charge in [0.25, 0.3) is 0 Å². The van der Waals surface area contributed by atoms with E-state index in [4.69, 9.17) is 0 Å². The Labute approximate surface area is 95.4 Å². The molecule has 2 aromatic rings. The van der Waals surface area contributed by atoms with Crippen LogP contribution in [0.4, 0.5) is 4.39 Å². The summed E-state index contributed by atoms with van der Waals surface area (Å²) in [6, 6.07) is 7.64. The molecule has 3 nitrogen and oxygen atoms in total. The second kappa shape index (κ2) is 4.57. The fourth-order valence-electron chi connectivity index (χ4n) is 1.37. The average Bonchev–Trinajstić information content (AvgIpc) is 2.64. The maximum atomic E-state index is 12.9. The Morgan fingerprint density at radius 2 is 2.25 bits per heavy atom. The van der Waals surface area contributed by atoms with Gasteiger partial charge in [0.15, 0.2) is 0 Å². The lowest BCUT2D eigenvalue weighted by Crippen LogP contribution is -1.98. The molecule has 1 atom stereocenters. The van der Waals surface area contributed by atoms with Crippen LogP contribution in [0.15, 0.2) is 41.4 Å². The van der Waals surface area contributed by atoms with E-state index in [1.165, 1.54) is 12.1 Å². The van der Waals surface area contributed by atoms with Crippen LogP contribution >= 0.6 is 0 Å². The highest BCUT2D eigenvalue weighted by atomic mass is 32.2. The molecule has 0 amide bonds. The topological polar surface area (TPSA) is 34.9 Å².